The van der Waals surface area contributed by atoms with Crippen molar-refractivity contribution in [2.75, 3.05) is 19.6 Å². The van der Waals surface area contributed by atoms with E-state index in [1.54, 1.807) is 0 Å². The van der Waals surface area contributed by atoms with E-state index < -0.39 is 0 Å². The van der Waals surface area contributed by atoms with E-state index in [1.165, 1.54) is 12.8 Å². The van der Waals surface area contributed by atoms with E-state index in [0.29, 0.717) is 18.7 Å². The van der Waals surface area contributed by atoms with Crippen molar-refractivity contribution < 1.29 is 4.79 Å². The Balaban J connectivity index is 3.99. The maximum Gasteiger partial charge on any atom is 0.146 e. The summed E-state index contributed by atoms with van der Waals surface area (Å²) >= 11 is 0. The monoisotopic (exact) mass is 227 g/mol. The van der Waals surface area contributed by atoms with E-state index in [4.69, 9.17) is 0 Å². The highest BCUT2D eigenvalue weighted by molar-refractivity contribution is 5.80. The normalized spacial score (nSPS) is 11.8. The van der Waals surface area contributed by atoms with Crippen LogP contribution in [0, 0.1) is 11.8 Å². The lowest BCUT2D eigenvalue weighted by atomic mass is 10.1. The first-order chi connectivity index (χ1) is 7.45. The zero-order valence-corrected chi connectivity index (χ0v) is 11.8. The molecule has 0 saturated heterocycles. The Morgan fingerprint density at radius 3 is 1.75 bits per heavy atom. The van der Waals surface area contributed by atoms with E-state index in [0.717, 1.165) is 24.9 Å². The lowest BCUT2D eigenvalue weighted by Gasteiger charge is -2.23. The largest absolute Gasteiger partial charge is 0.298 e. The van der Waals surface area contributed by atoms with Gasteiger partial charge in [0.25, 0.3) is 0 Å². The molecule has 0 atom stereocenters. The van der Waals surface area contributed by atoms with Gasteiger partial charge in [-0.15, -0.1) is 0 Å². The molecule has 0 amide bonds. The molecule has 0 aromatic rings. The molecule has 0 bridgehead atoms. The molecule has 0 aliphatic heterocycles. The van der Waals surface area contributed by atoms with Crippen LogP contribution in [-0.4, -0.2) is 30.3 Å². The van der Waals surface area contributed by atoms with Crippen molar-refractivity contribution >= 4 is 5.78 Å². The summed E-state index contributed by atoms with van der Waals surface area (Å²) in [6, 6.07) is 0. The van der Waals surface area contributed by atoms with E-state index in [2.05, 4.69) is 32.6 Å². The van der Waals surface area contributed by atoms with Crippen LogP contribution in [0.15, 0.2) is 0 Å². The molecule has 0 spiro atoms. The first-order valence-electron chi connectivity index (χ1n) is 6.69. The van der Waals surface area contributed by atoms with Crippen molar-refractivity contribution in [1.29, 1.82) is 0 Å². The Bertz CT molecular complexity index is 175. The number of hydrogen-bond donors (Lipinski definition) is 0. The predicted molar refractivity (Wildman–Crippen MR) is 70.6 cm³/mol. The molecule has 0 saturated carbocycles. The summed E-state index contributed by atoms with van der Waals surface area (Å²) in [5.74, 6) is 1.81. The second-order valence-electron chi connectivity index (χ2n) is 5.53. The van der Waals surface area contributed by atoms with Gasteiger partial charge in [-0.2, -0.15) is 0 Å². The van der Waals surface area contributed by atoms with Crippen LogP contribution in [0.25, 0.3) is 0 Å². The van der Waals surface area contributed by atoms with Crippen LogP contribution in [-0.2, 0) is 4.79 Å². The Hall–Kier alpha value is -0.370. The molecular weight excluding hydrogens is 198 g/mol. The number of hydrogen-bond acceptors (Lipinski definition) is 2. The summed E-state index contributed by atoms with van der Waals surface area (Å²) in [6.07, 6.45) is 3.05. The summed E-state index contributed by atoms with van der Waals surface area (Å²) in [6.45, 7) is 13.7. The van der Waals surface area contributed by atoms with Gasteiger partial charge in [0.05, 0.1) is 6.54 Å². The lowest BCUT2D eigenvalue weighted by molar-refractivity contribution is -0.120. The first kappa shape index (κ1) is 15.6. The molecule has 0 unspecified atom stereocenters. The van der Waals surface area contributed by atoms with Gasteiger partial charge in [0.2, 0.25) is 0 Å². The smallest absolute Gasteiger partial charge is 0.146 e. The molecular formula is C14H29NO. The number of carbonyl (C=O) groups is 1. The Morgan fingerprint density at radius 2 is 1.44 bits per heavy atom. The molecule has 0 aliphatic rings. The summed E-state index contributed by atoms with van der Waals surface area (Å²) in [5, 5.41) is 0. The van der Waals surface area contributed by atoms with Crippen LogP contribution in [0.2, 0.25) is 0 Å². The number of rotatable bonds is 9. The van der Waals surface area contributed by atoms with Crippen LogP contribution in [0.1, 0.15) is 53.9 Å². The summed E-state index contributed by atoms with van der Waals surface area (Å²) < 4.78 is 0. The van der Waals surface area contributed by atoms with Crippen molar-refractivity contribution in [3.63, 3.8) is 0 Å². The van der Waals surface area contributed by atoms with Crippen LogP contribution in [0.3, 0.4) is 0 Å². The minimum absolute atomic E-state index is 0.368. The summed E-state index contributed by atoms with van der Waals surface area (Å²) in [4.78, 5) is 13.8. The van der Waals surface area contributed by atoms with Gasteiger partial charge < -0.3 is 0 Å². The topological polar surface area (TPSA) is 20.3 Å². The van der Waals surface area contributed by atoms with Crippen LogP contribution in [0.4, 0.5) is 0 Å². The third kappa shape index (κ3) is 8.90. The second-order valence-corrected chi connectivity index (χ2v) is 5.53. The Labute approximate surface area is 101 Å². The molecule has 0 heterocycles. The van der Waals surface area contributed by atoms with Gasteiger partial charge in [-0.3, -0.25) is 9.69 Å². The minimum Gasteiger partial charge on any atom is -0.298 e. The van der Waals surface area contributed by atoms with Crippen LogP contribution < -0.4 is 0 Å². The Kier molecular flexibility index (Phi) is 8.54. The van der Waals surface area contributed by atoms with Crippen LogP contribution >= 0.6 is 0 Å². The van der Waals surface area contributed by atoms with Gasteiger partial charge in [-0.05, 0) is 37.8 Å². The molecule has 0 rings (SSSR count). The molecule has 0 aliphatic carbocycles. The highest BCUT2D eigenvalue weighted by Gasteiger charge is 2.10. The van der Waals surface area contributed by atoms with E-state index in [-0.39, 0.29) is 0 Å². The molecule has 2 heteroatoms. The molecule has 0 aromatic heterocycles. The maximum absolute atomic E-state index is 11.5. The van der Waals surface area contributed by atoms with Gasteiger partial charge in [0.1, 0.15) is 5.78 Å². The SMILES string of the molecule is CCC(=O)CN(CCC(C)C)CCC(C)C. The van der Waals surface area contributed by atoms with Gasteiger partial charge in [-0.1, -0.05) is 34.6 Å². The van der Waals surface area contributed by atoms with Gasteiger partial charge in [0.15, 0.2) is 0 Å². The molecule has 0 radical (unpaired) electrons. The fourth-order valence-corrected chi connectivity index (χ4v) is 1.51. The van der Waals surface area contributed by atoms with E-state index in [9.17, 15) is 4.79 Å². The predicted octanol–water partition coefficient (Wildman–Crippen LogP) is 3.36. The zero-order valence-electron chi connectivity index (χ0n) is 11.8. The molecule has 0 fully saturated rings. The molecule has 0 aromatic carbocycles. The van der Waals surface area contributed by atoms with E-state index >= 15 is 0 Å². The van der Waals surface area contributed by atoms with Crippen molar-refractivity contribution in [2.45, 2.75) is 53.9 Å². The fourth-order valence-electron chi connectivity index (χ4n) is 1.51. The minimum atomic E-state index is 0.368. The van der Waals surface area contributed by atoms with Crippen LogP contribution in [0.5, 0.6) is 0 Å². The van der Waals surface area contributed by atoms with Crippen molar-refractivity contribution in [2.24, 2.45) is 11.8 Å². The number of ketones is 1. The van der Waals surface area contributed by atoms with Gasteiger partial charge in [-0.25, -0.2) is 0 Å². The maximum atomic E-state index is 11.5. The van der Waals surface area contributed by atoms with Gasteiger partial charge in [0, 0.05) is 6.42 Å². The van der Waals surface area contributed by atoms with Gasteiger partial charge >= 0.3 is 0 Å². The quantitative estimate of drug-likeness (QED) is 0.602. The highest BCUT2D eigenvalue weighted by atomic mass is 16.1. The zero-order chi connectivity index (χ0) is 12.6. The third-order valence-corrected chi connectivity index (χ3v) is 2.84. The average molecular weight is 227 g/mol. The second kappa shape index (κ2) is 8.74. The van der Waals surface area contributed by atoms with E-state index in [1.807, 2.05) is 6.92 Å². The highest BCUT2D eigenvalue weighted by Crippen LogP contribution is 2.06. The molecule has 16 heavy (non-hydrogen) atoms. The number of Topliss-reactive ketones (excluding diaryl/α,β-unsaturated/α-hetero) is 1. The summed E-state index contributed by atoms with van der Waals surface area (Å²) in [7, 11) is 0. The standard InChI is InChI=1S/C14H29NO/c1-6-14(16)11-15(9-7-12(2)3)10-8-13(4)5/h12-13H,6-11H2,1-5H3. The number of carbonyl (C=O) groups excluding carboxylic acids is 1. The number of nitrogens with zero attached hydrogens (tertiary/aromatic N) is 1. The summed E-state index contributed by atoms with van der Waals surface area (Å²) in [5.41, 5.74) is 0. The van der Waals surface area contributed by atoms with Crippen molar-refractivity contribution in [3.8, 4) is 0 Å². The molecule has 0 N–H and O–H groups in total. The fraction of sp³-hybridized carbons (Fsp3) is 0.929. The average Bonchev–Trinajstić information content (AvgIpc) is 2.21. The molecule has 96 valence electrons. The van der Waals surface area contributed by atoms with Crippen molar-refractivity contribution in [3.05, 3.63) is 0 Å². The van der Waals surface area contributed by atoms with Crippen molar-refractivity contribution in [1.82, 2.24) is 4.90 Å². The molecule has 2 nitrogen and oxygen atoms in total. The first-order valence-corrected chi connectivity index (χ1v) is 6.69. The lowest BCUT2D eigenvalue weighted by Crippen LogP contribution is -2.32. The third-order valence-electron chi connectivity index (χ3n) is 2.84. The Morgan fingerprint density at radius 1 is 1.00 bits per heavy atom.